The van der Waals surface area contributed by atoms with Crippen LogP contribution in [0.5, 0.6) is 0 Å². The molecular weight excluding hydrogens is 346 g/mol. The first-order chi connectivity index (χ1) is 12.5. The van der Waals surface area contributed by atoms with E-state index in [0.717, 1.165) is 36.8 Å². The summed E-state index contributed by atoms with van der Waals surface area (Å²) in [6.45, 7) is 0.0424. The van der Waals surface area contributed by atoms with Gasteiger partial charge in [0.15, 0.2) is 0 Å². The van der Waals surface area contributed by atoms with Crippen LogP contribution in [-0.4, -0.2) is 25.7 Å². The molecule has 0 aliphatic heterocycles. The first-order valence-corrected chi connectivity index (χ1v) is 10.8. The van der Waals surface area contributed by atoms with Crippen molar-refractivity contribution in [2.24, 2.45) is 0 Å². The largest absolute Gasteiger partial charge is 0.388 e. The van der Waals surface area contributed by atoms with Gasteiger partial charge in [0.1, 0.15) is 0 Å². The van der Waals surface area contributed by atoms with E-state index in [0.29, 0.717) is 17.7 Å². The van der Waals surface area contributed by atoms with Crippen LogP contribution in [0.2, 0.25) is 0 Å². The summed E-state index contributed by atoms with van der Waals surface area (Å²) in [5, 5.41) is 10.9. The highest BCUT2D eigenvalue weighted by Gasteiger charge is 2.33. The van der Waals surface area contributed by atoms with E-state index in [-0.39, 0.29) is 6.54 Å². The van der Waals surface area contributed by atoms with E-state index < -0.39 is 15.6 Å². The second kappa shape index (κ2) is 6.80. The van der Waals surface area contributed by atoms with Crippen molar-refractivity contribution in [1.82, 2.24) is 4.72 Å². The molecule has 2 aliphatic carbocycles. The lowest BCUT2D eigenvalue weighted by atomic mass is 9.80. The number of benzene rings is 2. The van der Waals surface area contributed by atoms with Crippen molar-refractivity contribution >= 4 is 10.0 Å². The maximum absolute atomic E-state index is 12.7. The van der Waals surface area contributed by atoms with Crippen LogP contribution >= 0.6 is 0 Å². The third-order valence-corrected chi connectivity index (χ3v) is 7.12. The lowest BCUT2D eigenvalue weighted by Gasteiger charge is -2.33. The quantitative estimate of drug-likeness (QED) is 0.868. The SMILES string of the molecule is O=S(=O)(NCC1(O)CCc2ccccc2C1)c1ccc2c(c1)CCCC2. The number of nitrogens with one attached hydrogen (secondary N) is 1. The van der Waals surface area contributed by atoms with Gasteiger partial charge in [0.25, 0.3) is 0 Å². The zero-order valence-electron chi connectivity index (χ0n) is 14.9. The molecule has 2 aliphatic rings. The van der Waals surface area contributed by atoms with Crippen LogP contribution in [0.4, 0.5) is 0 Å². The van der Waals surface area contributed by atoms with Crippen molar-refractivity contribution in [3.63, 3.8) is 0 Å². The van der Waals surface area contributed by atoms with Gasteiger partial charge >= 0.3 is 0 Å². The molecule has 4 rings (SSSR count). The summed E-state index contributed by atoms with van der Waals surface area (Å²) in [6, 6.07) is 13.5. The van der Waals surface area contributed by atoms with Crippen molar-refractivity contribution < 1.29 is 13.5 Å². The number of sulfonamides is 1. The highest BCUT2D eigenvalue weighted by Crippen LogP contribution is 2.29. The van der Waals surface area contributed by atoms with E-state index in [1.54, 1.807) is 12.1 Å². The van der Waals surface area contributed by atoms with Gasteiger partial charge in [0.2, 0.25) is 10.0 Å². The Kier molecular flexibility index (Phi) is 4.63. The fraction of sp³-hybridized carbons (Fsp3) is 0.429. The van der Waals surface area contributed by atoms with Crippen LogP contribution in [-0.2, 0) is 35.7 Å². The summed E-state index contributed by atoms with van der Waals surface area (Å²) in [7, 11) is -3.62. The summed E-state index contributed by atoms with van der Waals surface area (Å²) < 4.78 is 28.1. The summed E-state index contributed by atoms with van der Waals surface area (Å²) in [4.78, 5) is 0.304. The first kappa shape index (κ1) is 17.7. The van der Waals surface area contributed by atoms with Crippen LogP contribution in [0, 0.1) is 0 Å². The predicted molar refractivity (Wildman–Crippen MR) is 102 cm³/mol. The fourth-order valence-electron chi connectivity index (χ4n) is 4.12. The molecule has 4 nitrogen and oxygen atoms in total. The van der Waals surface area contributed by atoms with Gasteiger partial charge in [0.05, 0.1) is 10.5 Å². The Balaban J connectivity index is 1.49. The molecule has 138 valence electrons. The normalized spacial score (nSPS) is 22.5. The lowest BCUT2D eigenvalue weighted by molar-refractivity contribution is 0.0317. The minimum atomic E-state index is -3.62. The number of aryl methyl sites for hydroxylation is 3. The van der Waals surface area contributed by atoms with E-state index in [4.69, 9.17) is 0 Å². The summed E-state index contributed by atoms with van der Waals surface area (Å²) >= 11 is 0. The van der Waals surface area contributed by atoms with Gasteiger partial charge in [-0.25, -0.2) is 13.1 Å². The zero-order chi connectivity index (χ0) is 18.2. The second-order valence-corrected chi connectivity index (χ2v) is 9.40. The first-order valence-electron chi connectivity index (χ1n) is 9.36. The monoisotopic (exact) mass is 371 g/mol. The van der Waals surface area contributed by atoms with E-state index in [2.05, 4.69) is 10.8 Å². The highest BCUT2D eigenvalue weighted by molar-refractivity contribution is 7.89. The zero-order valence-corrected chi connectivity index (χ0v) is 15.7. The summed E-state index contributed by atoms with van der Waals surface area (Å²) in [5.74, 6) is 0. The smallest absolute Gasteiger partial charge is 0.240 e. The van der Waals surface area contributed by atoms with Crippen LogP contribution in [0.3, 0.4) is 0 Å². The van der Waals surface area contributed by atoms with Gasteiger partial charge in [-0.2, -0.15) is 0 Å². The number of rotatable bonds is 4. The molecule has 5 heteroatoms. The van der Waals surface area contributed by atoms with Crippen molar-refractivity contribution in [1.29, 1.82) is 0 Å². The van der Waals surface area contributed by atoms with E-state index >= 15 is 0 Å². The standard InChI is InChI=1S/C21H25NO3S/c23-21(12-11-17-6-2-4-8-19(17)14-21)15-22-26(24,25)20-10-9-16-5-1-3-7-18(16)13-20/h2,4,6,8-10,13,22-23H,1,3,5,7,11-12,14-15H2. The lowest BCUT2D eigenvalue weighted by Crippen LogP contribution is -2.46. The molecule has 2 aromatic rings. The second-order valence-electron chi connectivity index (χ2n) is 7.63. The topological polar surface area (TPSA) is 66.4 Å². The minimum Gasteiger partial charge on any atom is -0.388 e. The average Bonchev–Trinajstić information content (AvgIpc) is 2.66. The Bertz CT molecular complexity index is 923. The molecule has 0 heterocycles. The molecule has 0 amide bonds. The van der Waals surface area contributed by atoms with E-state index in [9.17, 15) is 13.5 Å². The number of aliphatic hydroxyl groups is 1. The fourth-order valence-corrected chi connectivity index (χ4v) is 5.29. The van der Waals surface area contributed by atoms with E-state index in [1.165, 1.54) is 17.5 Å². The Morgan fingerprint density at radius 1 is 0.923 bits per heavy atom. The van der Waals surface area contributed by atoms with Crippen molar-refractivity contribution in [2.75, 3.05) is 6.54 Å². The Morgan fingerprint density at radius 2 is 1.62 bits per heavy atom. The molecule has 2 N–H and O–H groups in total. The molecule has 0 fully saturated rings. The maximum Gasteiger partial charge on any atom is 0.240 e. The predicted octanol–water partition coefficient (Wildman–Crippen LogP) is 2.76. The Hall–Kier alpha value is -1.69. The minimum absolute atomic E-state index is 0.0424. The molecule has 1 unspecified atom stereocenters. The molecule has 0 bridgehead atoms. The highest BCUT2D eigenvalue weighted by atomic mass is 32.2. The summed E-state index contributed by atoms with van der Waals surface area (Å²) in [6.07, 6.45) is 6.08. The Labute approximate surface area is 155 Å². The van der Waals surface area contributed by atoms with Crippen LogP contribution in [0.1, 0.15) is 41.5 Å². The number of fused-ring (bicyclic) bond motifs is 2. The van der Waals surface area contributed by atoms with Crippen molar-refractivity contribution in [3.8, 4) is 0 Å². The summed E-state index contributed by atoms with van der Waals surface area (Å²) in [5.41, 5.74) is 3.72. The molecular formula is C21H25NO3S. The van der Waals surface area contributed by atoms with Crippen molar-refractivity contribution in [3.05, 3.63) is 64.7 Å². The van der Waals surface area contributed by atoms with Gasteiger partial charge in [-0.1, -0.05) is 30.3 Å². The van der Waals surface area contributed by atoms with Crippen molar-refractivity contribution in [2.45, 2.75) is 55.4 Å². The molecule has 2 aromatic carbocycles. The van der Waals surface area contributed by atoms with Gasteiger partial charge in [0, 0.05) is 13.0 Å². The average molecular weight is 372 g/mol. The molecule has 0 saturated heterocycles. The third kappa shape index (κ3) is 3.56. The number of hydrogen-bond donors (Lipinski definition) is 2. The molecule has 1 atom stereocenters. The van der Waals surface area contributed by atoms with Crippen LogP contribution < -0.4 is 4.72 Å². The maximum atomic E-state index is 12.7. The Morgan fingerprint density at radius 3 is 2.42 bits per heavy atom. The molecule has 0 spiro atoms. The molecule has 0 saturated carbocycles. The molecule has 0 radical (unpaired) electrons. The van der Waals surface area contributed by atoms with Crippen LogP contribution in [0.25, 0.3) is 0 Å². The van der Waals surface area contributed by atoms with Gasteiger partial charge < -0.3 is 5.11 Å². The van der Waals surface area contributed by atoms with Crippen LogP contribution in [0.15, 0.2) is 47.4 Å². The van der Waals surface area contributed by atoms with Gasteiger partial charge in [-0.3, -0.25) is 0 Å². The van der Waals surface area contributed by atoms with Gasteiger partial charge in [-0.05, 0) is 72.9 Å². The van der Waals surface area contributed by atoms with Gasteiger partial charge in [-0.15, -0.1) is 0 Å². The molecule has 26 heavy (non-hydrogen) atoms. The van der Waals surface area contributed by atoms with E-state index in [1.807, 2.05) is 24.3 Å². The number of hydrogen-bond acceptors (Lipinski definition) is 3. The molecule has 0 aromatic heterocycles. The third-order valence-electron chi connectivity index (χ3n) is 5.72.